The number of nitrogen functional groups attached to an aromatic ring is 1. The highest BCUT2D eigenvalue weighted by Crippen LogP contribution is 2.37. The number of anilines is 2. The van der Waals surface area contributed by atoms with Crippen molar-refractivity contribution in [2.75, 3.05) is 11.1 Å². The Hall–Kier alpha value is -2.24. The molecule has 0 unspecified atom stereocenters. The molecule has 0 radical (unpaired) electrons. The van der Waals surface area contributed by atoms with Crippen LogP contribution in [0.5, 0.6) is 0 Å². The van der Waals surface area contributed by atoms with Crippen molar-refractivity contribution in [3.63, 3.8) is 0 Å². The lowest BCUT2D eigenvalue weighted by molar-refractivity contribution is 0.101. The summed E-state index contributed by atoms with van der Waals surface area (Å²) in [5, 5.41) is 6.56. The van der Waals surface area contributed by atoms with E-state index in [2.05, 4.69) is 10.5 Å². The number of hydrogen-bond acceptors (Lipinski definition) is 4. The second-order valence-electron chi connectivity index (χ2n) is 4.97. The van der Waals surface area contributed by atoms with Crippen LogP contribution in [0, 0.1) is 13.8 Å². The first-order chi connectivity index (χ1) is 9.06. The molecule has 6 heteroatoms. The smallest absolute Gasteiger partial charge is 0.274 e. The minimum absolute atomic E-state index is 0.220. The van der Waals surface area contributed by atoms with E-state index in [-0.39, 0.29) is 5.91 Å². The van der Waals surface area contributed by atoms with Gasteiger partial charge in [0.1, 0.15) is 5.69 Å². The number of carbonyl (C=O) groups excluding carboxylic acids is 1. The number of amides is 1. The molecular weight excluding hydrogens is 244 g/mol. The average molecular weight is 260 g/mol. The number of carbonyl (C=O) groups is 1. The number of aryl methyl sites for hydroxylation is 1. The number of aromatic nitrogens is 2. The maximum atomic E-state index is 12.3. The van der Waals surface area contributed by atoms with Crippen molar-refractivity contribution in [2.45, 2.75) is 32.7 Å². The highest BCUT2D eigenvalue weighted by Gasteiger charge is 2.28. The quantitative estimate of drug-likeness (QED) is 0.886. The second kappa shape index (κ2) is 4.15. The van der Waals surface area contributed by atoms with E-state index in [1.165, 1.54) is 0 Å². The van der Waals surface area contributed by atoms with Gasteiger partial charge in [-0.15, -0.1) is 0 Å². The Labute approximate surface area is 110 Å². The van der Waals surface area contributed by atoms with Gasteiger partial charge in [0.15, 0.2) is 0 Å². The topological polar surface area (TPSA) is 86.1 Å². The van der Waals surface area contributed by atoms with Crippen LogP contribution in [0.15, 0.2) is 16.8 Å². The van der Waals surface area contributed by atoms with E-state index in [0.29, 0.717) is 23.3 Å². The van der Waals surface area contributed by atoms with E-state index in [1.54, 1.807) is 6.07 Å². The minimum Gasteiger partial charge on any atom is -0.397 e. The zero-order valence-corrected chi connectivity index (χ0v) is 10.9. The molecule has 19 heavy (non-hydrogen) atoms. The summed E-state index contributed by atoms with van der Waals surface area (Å²) in [6.45, 7) is 3.69. The van der Waals surface area contributed by atoms with Gasteiger partial charge in [-0.05, 0) is 32.8 Å². The molecule has 2 aromatic rings. The van der Waals surface area contributed by atoms with Crippen molar-refractivity contribution in [1.82, 2.24) is 9.72 Å². The Kier molecular flexibility index (Phi) is 2.58. The van der Waals surface area contributed by atoms with Crippen molar-refractivity contribution in [2.24, 2.45) is 0 Å². The van der Waals surface area contributed by atoms with Gasteiger partial charge in [-0.1, -0.05) is 5.16 Å². The molecule has 1 amide bonds. The van der Waals surface area contributed by atoms with E-state index in [0.717, 1.165) is 24.1 Å². The summed E-state index contributed by atoms with van der Waals surface area (Å²) in [5.74, 6) is 0.174. The summed E-state index contributed by atoms with van der Waals surface area (Å²) in [5.41, 5.74) is 8.55. The molecule has 1 aliphatic rings. The zero-order chi connectivity index (χ0) is 13.6. The molecule has 3 N–H and O–H groups in total. The Morgan fingerprint density at radius 3 is 2.84 bits per heavy atom. The van der Waals surface area contributed by atoms with E-state index in [9.17, 15) is 4.79 Å². The third kappa shape index (κ3) is 2.09. The fourth-order valence-electron chi connectivity index (χ4n) is 2.04. The lowest BCUT2D eigenvalue weighted by Crippen LogP contribution is -2.16. The molecule has 0 atom stereocenters. The summed E-state index contributed by atoms with van der Waals surface area (Å²) in [6.07, 6.45) is 3.99. The minimum atomic E-state index is -0.220. The summed E-state index contributed by atoms with van der Waals surface area (Å²) >= 11 is 0. The zero-order valence-electron chi connectivity index (χ0n) is 10.9. The molecule has 1 fully saturated rings. The molecule has 2 aromatic heterocycles. The standard InChI is InChI=1S/C13H16N4O2/c1-7-8(2)16-19-13(7)15-12(18)11-5-9(14)6-17(11)10-3-4-10/h5-6,10H,3-4,14H2,1-2H3,(H,15,18). The number of hydrogen-bond donors (Lipinski definition) is 2. The van der Waals surface area contributed by atoms with Crippen LogP contribution in [-0.2, 0) is 0 Å². The van der Waals surface area contributed by atoms with Gasteiger partial charge in [-0.2, -0.15) is 0 Å². The van der Waals surface area contributed by atoms with Gasteiger partial charge < -0.3 is 14.8 Å². The molecular formula is C13H16N4O2. The van der Waals surface area contributed by atoms with E-state index < -0.39 is 0 Å². The van der Waals surface area contributed by atoms with Crippen LogP contribution in [0.4, 0.5) is 11.6 Å². The number of nitrogens with two attached hydrogens (primary N) is 1. The highest BCUT2D eigenvalue weighted by atomic mass is 16.5. The van der Waals surface area contributed by atoms with Gasteiger partial charge in [0.25, 0.3) is 5.91 Å². The fourth-order valence-corrected chi connectivity index (χ4v) is 2.04. The van der Waals surface area contributed by atoms with E-state index >= 15 is 0 Å². The Morgan fingerprint density at radius 1 is 1.53 bits per heavy atom. The predicted molar refractivity (Wildman–Crippen MR) is 71.0 cm³/mol. The van der Waals surface area contributed by atoms with Crippen LogP contribution in [0.25, 0.3) is 0 Å². The van der Waals surface area contributed by atoms with Crippen molar-refractivity contribution >= 4 is 17.5 Å². The molecule has 0 saturated heterocycles. The normalized spacial score (nSPS) is 14.6. The monoisotopic (exact) mass is 260 g/mol. The molecule has 3 rings (SSSR count). The predicted octanol–water partition coefficient (Wildman–Crippen LogP) is 2.26. The lowest BCUT2D eigenvalue weighted by Gasteiger charge is -2.06. The van der Waals surface area contributed by atoms with Crippen molar-refractivity contribution in [1.29, 1.82) is 0 Å². The average Bonchev–Trinajstić information content (AvgIpc) is 3.09. The first-order valence-electron chi connectivity index (χ1n) is 6.28. The summed E-state index contributed by atoms with van der Waals surface area (Å²) in [4.78, 5) is 12.3. The number of rotatable bonds is 3. The van der Waals surface area contributed by atoms with Crippen LogP contribution < -0.4 is 11.1 Å². The van der Waals surface area contributed by atoms with Crippen molar-refractivity contribution < 1.29 is 9.32 Å². The van der Waals surface area contributed by atoms with Gasteiger partial charge in [0, 0.05) is 17.8 Å². The second-order valence-corrected chi connectivity index (χ2v) is 4.97. The summed E-state index contributed by atoms with van der Waals surface area (Å²) in [7, 11) is 0. The van der Waals surface area contributed by atoms with Gasteiger partial charge in [-0.3, -0.25) is 10.1 Å². The third-order valence-electron chi connectivity index (χ3n) is 3.43. The Morgan fingerprint density at radius 2 is 2.26 bits per heavy atom. The molecule has 0 aromatic carbocycles. The lowest BCUT2D eigenvalue weighted by atomic mass is 10.3. The SMILES string of the molecule is Cc1noc(NC(=O)c2cc(N)cn2C2CC2)c1C. The first-order valence-corrected chi connectivity index (χ1v) is 6.28. The molecule has 100 valence electrons. The van der Waals surface area contributed by atoms with Gasteiger partial charge >= 0.3 is 0 Å². The van der Waals surface area contributed by atoms with Crippen LogP contribution >= 0.6 is 0 Å². The molecule has 1 saturated carbocycles. The molecule has 0 bridgehead atoms. The van der Waals surface area contributed by atoms with Crippen molar-refractivity contribution in [3.05, 3.63) is 29.2 Å². The Bertz CT molecular complexity index is 637. The van der Waals surface area contributed by atoms with Crippen LogP contribution in [-0.4, -0.2) is 15.6 Å². The highest BCUT2D eigenvalue weighted by molar-refractivity contribution is 6.03. The largest absolute Gasteiger partial charge is 0.397 e. The van der Waals surface area contributed by atoms with Crippen LogP contribution in [0.1, 0.15) is 40.6 Å². The van der Waals surface area contributed by atoms with Gasteiger partial charge in [0.2, 0.25) is 5.88 Å². The maximum Gasteiger partial charge on any atom is 0.274 e. The molecule has 0 spiro atoms. The number of nitrogens with zero attached hydrogens (tertiary/aromatic N) is 2. The number of nitrogens with one attached hydrogen (secondary N) is 1. The molecule has 1 aliphatic carbocycles. The van der Waals surface area contributed by atoms with Crippen LogP contribution in [0.2, 0.25) is 0 Å². The molecule has 2 heterocycles. The van der Waals surface area contributed by atoms with Gasteiger partial charge in [0.05, 0.1) is 11.4 Å². The fraction of sp³-hybridized carbons (Fsp3) is 0.385. The Balaban J connectivity index is 1.86. The summed E-state index contributed by atoms with van der Waals surface area (Å²) in [6, 6.07) is 2.09. The third-order valence-corrected chi connectivity index (χ3v) is 3.43. The van der Waals surface area contributed by atoms with Gasteiger partial charge in [-0.25, -0.2) is 0 Å². The first kappa shape index (κ1) is 11.8. The van der Waals surface area contributed by atoms with E-state index in [1.807, 2.05) is 24.6 Å². The molecule has 6 nitrogen and oxygen atoms in total. The molecule has 0 aliphatic heterocycles. The summed E-state index contributed by atoms with van der Waals surface area (Å²) < 4.78 is 7.02. The van der Waals surface area contributed by atoms with Crippen LogP contribution in [0.3, 0.4) is 0 Å². The maximum absolute atomic E-state index is 12.3. The van der Waals surface area contributed by atoms with E-state index in [4.69, 9.17) is 10.3 Å². The van der Waals surface area contributed by atoms with Crippen molar-refractivity contribution in [3.8, 4) is 0 Å².